The predicted molar refractivity (Wildman–Crippen MR) is 239 cm³/mol. The molecule has 9 aromatic carbocycles. The van der Waals surface area contributed by atoms with E-state index in [1.807, 2.05) is 18.2 Å². The van der Waals surface area contributed by atoms with Gasteiger partial charge in [-0.05, 0) is 63.5 Å². The Balaban J connectivity index is 1.05. The monoisotopic (exact) mass is 743 g/mol. The maximum atomic E-state index is 6.36. The number of para-hydroxylation sites is 1. The molecule has 264 valence electrons. The maximum Gasteiger partial charge on any atom is 0.161 e. The number of fused-ring (bicyclic) bond motifs is 11. The zero-order valence-corrected chi connectivity index (χ0v) is 31.2. The molecular weight excluding hydrogens is 715 g/mol. The highest BCUT2D eigenvalue weighted by Gasteiger charge is 2.28. The lowest BCUT2D eigenvalue weighted by Gasteiger charge is -2.34. The number of rotatable bonds is 3. The first kappa shape index (κ1) is 30.9. The molecule has 4 heterocycles. The van der Waals surface area contributed by atoms with E-state index in [-0.39, 0.29) is 0 Å². The number of thiophene rings is 1. The van der Waals surface area contributed by atoms with Gasteiger partial charge < -0.3 is 9.32 Å². The topological polar surface area (TPSA) is 42.2 Å². The molecule has 0 saturated heterocycles. The SMILES string of the molecule is c1cc(-c2nc(-c3cccc4oc5ccccc5c34)c3sc4ccccc4c3n2)c2ccc(N3c4c(ccc5ccccc45)-c4cccc5cccc3c45)cc2c1. The van der Waals surface area contributed by atoms with E-state index >= 15 is 0 Å². The van der Waals surface area contributed by atoms with E-state index in [4.69, 9.17) is 14.4 Å². The smallest absolute Gasteiger partial charge is 0.161 e. The standard InChI is InChI=1S/C52H29N3OS/c1-2-15-35-30(11-1)25-27-37-36-18-7-12-31-13-9-21-42(46(31)36)55(50(35)37)33-26-28-34-32(29-33)14-8-19-38(34)52-53-48-40-17-4-6-24-45(40)57-51(48)49(54-52)41-20-10-23-44-47(41)39-16-3-5-22-43(39)56-44/h1-29H. The minimum absolute atomic E-state index is 0.706. The zero-order valence-electron chi connectivity index (χ0n) is 30.4. The van der Waals surface area contributed by atoms with Crippen molar-refractivity contribution < 1.29 is 4.42 Å². The van der Waals surface area contributed by atoms with Gasteiger partial charge in [0, 0.05) is 54.0 Å². The lowest BCUT2D eigenvalue weighted by atomic mass is 9.88. The summed E-state index contributed by atoms with van der Waals surface area (Å²) >= 11 is 1.75. The van der Waals surface area contributed by atoms with Gasteiger partial charge in [-0.3, -0.25) is 0 Å². The van der Waals surface area contributed by atoms with E-state index in [1.54, 1.807) is 11.3 Å². The van der Waals surface area contributed by atoms with Crippen molar-refractivity contribution in [2.24, 2.45) is 0 Å². The lowest BCUT2D eigenvalue weighted by molar-refractivity contribution is 0.669. The average Bonchev–Trinajstić information content (AvgIpc) is 3.85. The van der Waals surface area contributed by atoms with Crippen molar-refractivity contribution in [3.05, 3.63) is 176 Å². The van der Waals surface area contributed by atoms with Crippen molar-refractivity contribution in [3.63, 3.8) is 0 Å². The van der Waals surface area contributed by atoms with Gasteiger partial charge in [0.15, 0.2) is 5.82 Å². The number of anilines is 3. The lowest BCUT2D eigenvalue weighted by Crippen LogP contribution is -2.15. The van der Waals surface area contributed by atoms with Gasteiger partial charge in [-0.25, -0.2) is 9.97 Å². The highest BCUT2D eigenvalue weighted by molar-refractivity contribution is 7.26. The summed E-state index contributed by atoms with van der Waals surface area (Å²) < 4.78 is 8.63. The van der Waals surface area contributed by atoms with Crippen LogP contribution in [0, 0.1) is 0 Å². The molecule has 0 bridgehead atoms. The third-order valence-electron chi connectivity index (χ3n) is 11.8. The second-order valence-electron chi connectivity index (χ2n) is 14.9. The van der Waals surface area contributed by atoms with Crippen LogP contribution in [0.3, 0.4) is 0 Å². The Kier molecular flexibility index (Phi) is 6.29. The van der Waals surface area contributed by atoms with Gasteiger partial charge in [-0.2, -0.15) is 0 Å². The molecule has 0 atom stereocenters. The molecule has 0 amide bonds. The van der Waals surface area contributed by atoms with Crippen LogP contribution in [-0.2, 0) is 0 Å². The second kappa shape index (κ2) is 11.6. The van der Waals surface area contributed by atoms with Crippen LogP contribution in [0.25, 0.3) is 108 Å². The zero-order chi connectivity index (χ0) is 37.2. The number of hydrogen-bond acceptors (Lipinski definition) is 5. The van der Waals surface area contributed by atoms with E-state index in [0.29, 0.717) is 5.82 Å². The quantitative estimate of drug-likeness (QED) is 0.181. The summed E-state index contributed by atoms with van der Waals surface area (Å²) in [7, 11) is 0. The van der Waals surface area contributed by atoms with E-state index in [9.17, 15) is 0 Å². The van der Waals surface area contributed by atoms with Crippen molar-refractivity contribution >= 4 is 103 Å². The highest BCUT2D eigenvalue weighted by atomic mass is 32.1. The Morgan fingerprint density at radius 1 is 0.456 bits per heavy atom. The molecule has 5 heteroatoms. The van der Waals surface area contributed by atoms with Gasteiger partial charge in [-0.1, -0.05) is 140 Å². The Labute approximate surface area is 330 Å². The van der Waals surface area contributed by atoms with E-state index < -0.39 is 0 Å². The summed E-state index contributed by atoms with van der Waals surface area (Å²) in [6, 6.07) is 63.1. The van der Waals surface area contributed by atoms with Gasteiger partial charge in [0.1, 0.15) is 11.2 Å². The Hall–Kier alpha value is -7.34. The van der Waals surface area contributed by atoms with Crippen molar-refractivity contribution in [3.8, 4) is 33.8 Å². The molecule has 12 aromatic rings. The van der Waals surface area contributed by atoms with Gasteiger partial charge in [-0.15, -0.1) is 11.3 Å². The van der Waals surface area contributed by atoms with Gasteiger partial charge >= 0.3 is 0 Å². The number of aromatic nitrogens is 2. The fourth-order valence-corrected chi connectivity index (χ4v) is 10.5. The maximum absolute atomic E-state index is 6.36. The summed E-state index contributed by atoms with van der Waals surface area (Å²) in [6.45, 7) is 0. The van der Waals surface area contributed by atoms with Crippen molar-refractivity contribution in [1.29, 1.82) is 0 Å². The Morgan fingerprint density at radius 2 is 1.18 bits per heavy atom. The van der Waals surface area contributed by atoms with Gasteiger partial charge in [0.25, 0.3) is 0 Å². The van der Waals surface area contributed by atoms with Crippen LogP contribution in [0.4, 0.5) is 17.1 Å². The molecule has 57 heavy (non-hydrogen) atoms. The molecule has 13 rings (SSSR count). The second-order valence-corrected chi connectivity index (χ2v) is 15.9. The van der Waals surface area contributed by atoms with E-state index in [0.717, 1.165) is 70.8 Å². The Bertz CT molecular complexity index is 3670. The molecule has 0 spiro atoms. The van der Waals surface area contributed by atoms with Crippen molar-refractivity contribution in [2.75, 3.05) is 4.90 Å². The fraction of sp³-hybridized carbons (Fsp3) is 0. The number of hydrogen-bond donors (Lipinski definition) is 0. The normalized spacial score (nSPS) is 12.5. The minimum Gasteiger partial charge on any atom is -0.456 e. The van der Waals surface area contributed by atoms with Crippen molar-refractivity contribution in [2.45, 2.75) is 0 Å². The molecule has 3 aromatic heterocycles. The summed E-state index contributed by atoms with van der Waals surface area (Å²) in [6.07, 6.45) is 0. The van der Waals surface area contributed by atoms with Crippen LogP contribution < -0.4 is 4.90 Å². The Morgan fingerprint density at radius 3 is 2.11 bits per heavy atom. The molecule has 0 saturated carbocycles. The third-order valence-corrected chi connectivity index (χ3v) is 12.9. The third kappa shape index (κ3) is 4.37. The molecule has 0 fully saturated rings. The molecule has 1 aliphatic heterocycles. The minimum atomic E-state index is 0.706. The largest absolute Gasteiger partial charge is 0.456 e. The molecule has 1 aliphatic rings. The van der Waals surface area contributed by atoms with Crippen molar-refractivity contribution in [1.82, 2.24) is 9.97 Å². The van der Waals surface area contributed by atoms with Crippen LogP contribution in [0.1, 0.15) is 0 Å². The van der Waals surface area contributed by atoms with Crippen LogP contribution >= 0.6 is 11.3 Å². The van der Waals surface area contributed by atoms with Crippen LogP contribution in [0.5, 0.6) is 0 Å². The van der Waals surface area contributed by atoms with E-state index in [2.05, 4.69) is 163 Å². The first-order valence-electron chi connectivity index (χ1n) is 19.2. The summed E-state index contributed by atoms with van der Waals surface area (Å²) in [4.78, 5) is 13.4. The van der Waals surface area contributed by atoms with Crippen LogP contribution in [0.15, 0.2) is 180 Å². The molecule has 0 N–H and O–H groups in total. The van der Waals surface area contributed by atoms with Crippen LogP contribution in [0.2, 0.25) is 0 Å². The molecule has 4 nitrogen and oxygen atoms in total. The van der Waals surface area contributed by atoms with E-state index in [1.165, 1.54) is 48.7 Å². The molecule has 0 unspecified atom stereocenters. The number of nitrogens with zero attached hydrogens (tertiary/aromatic N) is 3. The molecule has 0 aliphatic carbocycles. The van der Waals surface area contributed by atoms with Gasteiger partial charge in [0.2, 0.25) is 0 Å². The number of furan rings is 1. The first-order chi connectivity index (χ1) is 28.3. The average molecular weight is 744 g/mol. The first-order valence-corrected chi connectivity index (χ1v) is 20.1. The fourth-order valence-electron chi connectivity index (χ4n) is 9.31. The highest BCUT2D eigenvalue weighted by Crippen LogP contribution is 2.54. The summed E-state index contributed by atoms with van der Waals surface area (Å²) in [5, 5.41) is 10.5. The summed E-state index contributed by atoms with van der Waals surface area (Å²) in [5.41, 5.74) is 11.7. The number of benzene rings is 9. The van der Waals surface area contributed by atoms with Gasteiger partial charge in [0.05, 0.1) is 27.3 Å². The predicted octanol–water partition coefficient (Wildman–Crippen LogP) is 15.0. The molecular formula is C52H29N3OS. The molecule has 0 radical (unpaired) electrons. The van der Waals surface area contributed by atoms with Crippen LogP contribution in [-0.4, -0.2) is 9.97 Å². The summed E-state index contributed by atoms with van der Waals surface area (Å²) in [5.74, 6) is 0.706.